The Morgan fingerprint density at radius 2 is 1.84 bits per heavy atom. The number of hydrogen-bond acceptors (Lipinski definition) is 4. The van der Waals surface area contributed by atoms with E-state index in [0.717, 1.165) is 18.5 Å². The third kappa shape index (κ3) is 5.18. The molecule has 0 spiro atoms. The molecule has 1 atom stereocenters. The van der Waals surface area contributed by atoms with Gasteiger partial charge in [0.1, 0.15) is 17.0 Å². The molecule has 2 aromatic rings. The van der Waals surface area contributed by atoms with Gasteiger partial charge in [0, 0.05) is 32.5 Å². The predicted octanol–water partition coefficient (Wildman–Crippen LogP) is 5.51. The molecular weight excluding hydrogens is 395 g/mol. The quantitative estimate of drug-likeness (QED) is 0.608. The van der Waals surface area contributed by atoms with E-state index in [0.29, 0.717) is 24.2 Å². The molecule has 2 aromatic carbocycles. The third-order valence-corrected chi connectivity index (χ3v) is 5.66. The smallest absolute Gasteiger partial charge is 0.414 e. The lowest BCUT2D eigenvalue weighted by Crippen LogP contribution is -2.41. The van der Waals surface area contributed by atoms with Crippen LogP contribution in [0.3, 0.4) is 0 Å². The Hall–Kier alpha value is -2.60. The second-order valence-electron chi connectivity index (χ2n) is 9.34. The molecule has 0 bridgehead atoms. The standard InChI is InChI=1S/C25H33FN2O3/c1-24(2,3)31-23(29)28-17-25(30-6,21-16-19(26)11-14-22(21)28)15-7-8-18-9-12-20(13-10-18)27(4)5/h9-14,16H,7-8,15,17H2,1-6H3. The van der Waals surface area contributed by atoms with E-state index in [-0.39, 0.29) is 5.82 Å². The van der Waals surface area contributed by atoms with Crippen LogP contribution in [0, 0.1) is 5.82 Å². The minimum Gasteiger partial charge on any atom is -0.443 e. The number of benzene rings is 2. The number of methoxy groups -OCH3 is 1. The maximum atomic E-state index is 14.1. The molecule has 5 nitrogen and oxygen atoms in total. The molecule has 3 rings (SSSR count). The van der Waals surface area contributed by atoms with Gasteiger partial charge >= 0.3 is 6.09 Å². The second kappa shape index (κ2) is 8.87. The van der Waals surface area contributed by atoms with E-state index in [4.69, 9.17) is 9.47 Å². The average Bonchev–Trinajstić information content (AvgIpc) is 3.01. The van der Waals surface area contributed by atoms with Crippen molar-refractivity contribution in [3.8, 4) is 0 Å². The van der Waals surface area contributed by atoms with E-state index >= 15 is 0 Å². The van der Waals surface area contributed by atoms with Crippen molar-refractivity contribution in [3.05, 3.63) is 59.4 Å². The topological polar surface area (TPSA) is 42.0 Å². The van der Waals surface area contributed by atoms with Crippen molar-refractivity contribution >= 4 is 17.5 Å². The van der Waals surface area contributed by atoms with Crippen LogP contribution in [0.25, 0.3) is 0 Å². The van der Waals surface area contributed by atoms with Crippen LogP contribution < -0.4 is 9.80 Å². The number of amides is 1. The molecular formula is C25H33FN2O3. The minimum absolute atomic E-state index is 0.302. The summed E-state index contributed by atoms with van der Waals surface area (Å²) in [6.45, 7) is 5.80. The van der Waals surface area contributed by atoms with Gasteiger partial charge in [0.25, 0.3) is 0 Å². The summed E-state index contributed by atoms with van der Waals surface area (Å²) < 4.78 is 25.7. The molecule has 1 unspecified atom stereocenters. The van der Waals surface area contributed by atoms with Gasteiger partial charge in [-0.15, -0.1) is 0 Å². The van der Waals surface area contributed by atoms with Gasteiger partial charge in [-0.25, -0.2) is 9.18 Å². The fraction of sp³-hybridized carbons (Fsp3) is 0.480. The average molecular weight is 429 g/mol. The van der Waals surface area contributed by atoms with Crippen LogP contribution in [0.2, 0.25) is 0 Å². The largest absolute Gasteiger partial charge is 0.443 e. The Morgan fingerprint density at radius 3 is 2.42 bits per heavy atom. The highest BCUT2D eigenvalue weighted by Gasteiger charge is 2.46. The summed E-state index contributed by atoms with van der Waals surface area (Å²) in [5.41, 5.74) is 2.35. The van der Waals surface area contributed by atoms with Crippen molar-refractivity contribution in [2.45, 2.75) is 51.2 Å². The molecule has 1 heterocycles. The Balaban J connectivity index is 1.79. The van der Waals surface area contributed by atoms with Gasteiger partial charge in [-0.2, -0.15) is 0 Å². The summed E-state index contributed by atoms with van der Waals surface area (Å²) in [6, 6.07) is 12.9. The number of carbonyl (C=O) groups is 1. The molecule has 1 aliphatic heterocycles. The van der Waals surface area contributed by atoms with Gasteiger partial charge < -0.3 is 14.4 Å². The number of nitrogens with zero attached hydrogens (tertiary/aromatic N) is 2. The Morgan fingerprint density at radius 1 is 1.16 bits per heavy atom. The number of hydrogen-bond donors (Lipinski definition) is 0. The summed E-state index contributed by atoms with van der Waals surface area (Å²) >= 11 is 0. The van der Waals surface area contributed by atoms with Gasteiger partial charge in [-0.3, -0.25) is 4.90 Å². The first kappa shape index (κ1) is 23.1. The molecule has 0 radical (unpaired) electrons. The molecule has 6 heteroatoms. The van der Waals surface area contributed by atoms with Gasteiger partial charge in [-0.1, -0.05) is 12.1 Å². The van der Waals surface area contributed by atoms with Gasteiger partial charge in [0.2, 0.25) is 0 Å². The van der Waals surface area contributed by atoms with Crippen molar-refractivity contribution in [2.24, 2.45) is 0 Å². The summed E-state index contributed by atoms with van der Waals surface area (Å²) in [4.78, 5) is 16.5. The lowest BCUT2D eigenvalue weighted by Gasteiger charge is -2.30. The summed E-state index contributed by atoms with van der Waals surface area (Å²) in [5, 5.41) is 0. The van der Waals surface area contributed by atoms with Gasteiger partial charge in [0.15, 0.2) is 0 Å². The van der Waals surface area contributed by atoms with E-state index < -0.39 is 17.3 Å². The number of aryl methyl sites for hydroxylation is 1. The number of anilines is 2. The molecule has 0 fully saturated rings. The third-order valence-electron chi connectivity index (χ3n) is 5.66. The van der Waals surface area contributed by atoms with E-state index in [9.17, 15) is 9.18 Å². The molecule has 1 amide bonds. The Kier molecular flexibility index (Phi) is 6.60. The maximum Gasteiger partial charge on any atom is 0.414 e. The van der Waals surface area contributed by atoms with Crippen molar-refractivity contribution in [2.75, 3.05) is 37.5 Å². The van der Waals surface area contributed by atoms with Crippen molar-refractivity contribution < 1.29 is 18.7 Å². The van der Waals surface area contributed by atoms with Crippen molar-refractivity contribution in [1.29, 1.82) is 0 Å². The highest BCUT2D eigenvalue weighted by Crippen LogP contribution is 2.45. The van der Waals surface area contributed by atoms with Crippen molar-refractivity contribution in [1.82, 2.24) is 0 Å². The molecule has 0 saturated heterocycles. The highest BCUT2D eigenvalue weighted by atomic mass is 19.1. The maximum absolute atomic E-state index is 14.1. The van der Waals surface area contributed by atoms with Crippen LogP contribution in [0.1, 0.15) is 44.7 Å². The fourth-order valence-electron chi connectivity index (χ4n) is 4.04. The normalized spacial score (nSPS) is 18.1. The number of carbonyl (C=O) groups excluding carboxylic acids is 1. The van der Waals surface area contributed by atoms with E-state index in [1.165, 1.54) is 17.7 Å². The molecule has 0 aliphatic carbocycles. The Labute approximate surface area is 184 Å². The van der Waals surface area contributed by atoms with Gasteiger partial charge in [0.05, 0.1) is 12.2 Å². The van der Waals surface area contributed by atoms with Crippen LogP contribution in [0.15, 0.2) is 42.5 Å². The molecule has 0 N–H and O–H groups in total. The number of ether oxygens (including phenoxy) is 2. The van der Waals surface area contributed by atoms with E-state index in [2.05, 4.69) is 29.2 Å². The van der Waals surface area contributed by atoms with Crippen LogP contribution in [0.4, 0.5) is 20.6 Å². The highest BCUT2D eigenvalue weighted by molar-refractivity contribution is 5.91. The zero-order chi connectivity index (χ0) is 22.8. The molecule has 0 saturated carbocycles. The first-order chi connectivity index (χ1) is 14.5. The molecule has 31 heavy (non-hydrogen) atoms. The summed E-state index contributed by atoms with van der Waals surface area (Å²) in [6.07, 6.45) is 1.93. The lowest BCUT2D eigenvalue weighted by molar-refractivity contribution is -0.0115. The second-order valence-corrected chi connectivity index (χ2v) is 9.34. The van der Waals surface area contributed by atoms with Crippen LogP contribution >= 0.6 is 0 Å². The van der Waals surface area contributed by atoms with Crippen LogP contribution in [-0.4, -0.2) is 39.4 Å². The summed E-state index contributed by atoms with van der Waals surface area (Å²) in [7, 11) is 5.66. The van der Waals surface area contributed by atoms with E-state index in [1.54, 1.807) is 18.1 Å². The molecule has 168 valence electrons. The molecule has 1 aliphatic rings. The number of halogens is 1. The zero-order valence-electron chi connectivity index (χ0n) is 19.4. The monoisotopic (exact) mass is 428 g/mol. The van der Waals surface area contributed by atoms with Crippen LogP contribution in [-0.2, 0) is 21.5 Å². The first-order valence-electron chi connectivity index (χ1n) is 10.7. The lowest BCUT2D eigenvalue weighted by atomic mass is 9.89. The fourth-order valence-corrected chi connectivity index (χ4v) is 4.04. The molecule has 0 aromatic heterocycles. The SMILES string of the molecule is COC1(CCCc2ccc(N(C)C)cc2)CN(C(=O)OC(C)(C)C)c2ccc(F)cc21. The number of rotatable bonds is 6. The zero-order valence-corrected chi connectivity index (χ0v) is 19.4. The Bertz CT molecular complexity index is 921. The van der Waals surface area contributed by atoms with Crippen molar-refractivity contribution in [3.63, 3.8) is 0 Å². The van der Waals surface area contributed by atoms with Gasteiger partial charge in [-0.05, 0) is 75.9 Å². The first-order valence-corrected chi connectivity index (χ1v) is 10.7. The van der Waals surface area contributed by atoms with Crippen LogP contribution in [0.5, 0.6) is 0 Å². The number of fused-ring (bicyclic) bond motifs is 1. The minimum atomic E-state index is -0.766. The summed E-state index contributed by atoms with van der Waals surface area (Å²) in [5.74, 6) is -0.342. The predicted molar refractivity (Wildman–Crippen MR) is 122 cm³/mol. The van der Waals surface area contributed by atoms with E-state index in [1.807, 2.05) is 34.9 Å².